The summed E-state index contributed by atoms with van der Waals surface area (Å²) >= 11 is 0. The first-order valence-electron chi connectivity index (χ1n) is 31.5. The summed E-state index contributed by atoms with van der Waals surface area (Å²) in [6, 6.07) is 1.01. The predicted octanol–water partition coefficient (Wildman–Crippen LogP) is 12.2. The van der Waals surface area contributed by atoms with Gasteiger partial charge in [-0.15, -0.1) is 0 Å². The van der Waals surface area contributed by atoms with E-state index in [4.69, 9.17) is 29.9 Å². The van der Waals surface area contributed by atoms with E-state index in [1.54, 1.807) is 0 Å². The first-order valence-corrected chi connectivity index (χ1v) is 31.5. The van der Waals surface area contributed by atoms with Crippen LogP contribution in [-0.2, 0) is 0 Å². The van der Waals surface area contributed by atoms with Crippen LogP contribution in [0.2, 0.25) is 0 Å². The van der Waals surface area contributed by atoms with Gasteiger partial charge in [-0.2, -0.15) is 29.9 Å². The van der Waals surface area contributed by atoms with Crippen LogP contribution in [0.15, 0.2) is 0 Å². The van der Waals surface area contributed by atoms with Gasteiger partial charge in [0.1, 0.15) is 0 Å². The van der Waals surface area contributed by atoms with Gasteiger partial charge in [-0.1, -0.05) is 47.0 Å². The lowest BCUT2D eigenvalue weighted by molar-refractivity contribution is -0.0134. The minimum Gasteiger partial charge on any atom is -0.341 e. The molecule has 0 unspecified atom stereocenters. The van der Waals surface area contributed by atoms with Crippen molar-refractivity contribution in [2.75, 3.05) is 97.9 Å². The lowest BCUT2D eigenvalue weighted by Crippen LogP contribution is -2.63. The van der Waals surface area contributed by atoms with Crippen molar-refractivity contribution in [2.45, 2.75) is 303 Å². The number of piperidine rings is 4. The fourth-order valence-corrected chi connectivity index (χ4v) is 14.8. The molecule has 0 radical (unpaired) electrons. The lowest BCUT2D eigenvalue weighted by atomic mass is 9.77. The number of anilines is 6. The summed E-state index contributed by atoms with van der Waals surface area (Å²) < 4.78 is 0. The molecule has 0 amide bonds. The molecule has 2 aromatic rings. The third kappa shape index (κ3) is 14.5. The van der Waals surface area contributed by atoms with Gasteiger partial charge in [0.2, 0.25) is 35.7 Å². The quantitative estimate of drug-likeness (QED) is 0.106. The van der Waals surface area contributed by atoms with Gasteiger partial charge in [0.15, 0.2) is 0 Å². The minimum atomic E-state index is -0.00511. The van der Waals surface area contributed by atoms with Gasteiger partial charge in [0.05, 0.1) is 6.67 Å². The maximum absolute atomic E-state index is 5.66. The predicted molar refractivity (Wildman–Crippen MR) is 337 cm³/mol. The van der Waals surface area contributed by atoms with E-state index in [0.717, 1.165) is 146 Å². The highest BCUT2D eigenvalue weighted by Crippen LogP contribution is 2.45. The Hall–Kier alpha value is -3.34. The van der Waals surface area contributed by atoms with Crippen molar-refractivity contribution < 1.29 is 0 Å². The average Bonchev–Trinajstić information content (AvgIpc) is 3.48. The highest BCUT2D eigenvalue weighted by Gasteiger charge is 2.50. The Labute approximate surface area is 484 Å². The van der Waals surface area contributed by atoms with E-state index in [-0.39, 0.29) is 68.5 Å². The number of nitrogens with one attached hydrogen (secondary N) is 1. The van der Waals surface area contributed by atoms with E-state index in [1.807, 2.05) is 0 Å². The maximum atomic E-state index is 5.66. The lowest BCUT2D eigenvalue weighted by Gasteiger charge is -2.56. The average molecular weight is 1100 g/mol. The molecule has 452 valence electrons. The fourth-order valence-electron chi connectivity index (χ4n) is 14.8. The normalized spacial score (nSPS) is 23.6. The van der Waals surface area contributed by atoms with Crippen molar-refractivity contribution in [1.29, 1.82) is 0 Å². The fraction of sp³-hybridized carbons (Fsp3) is 0.905. The molecule has 1 N–H and O–H groups in total. The second-order valence-corrected chi connectivity index (χ2v) is 30.3. The van der Waals surface area contributed by atoms with Gasteiger partial charge < -0.3 is 29.8 Å². The monoisotopic (exact) mass is 1100 g/mol. The Morgan fingerprint density at radius 1 is 0.367 bits per heavy atom. The Kier molecular flexibility index (Phi) is 20.1. The molecule has 6 rings (SSSR count). The summed E-state index contributed by atoms with van der Waals surface area (Å²) in [5.74, 6) is 4.38. The molecule has 4 saturated heterocycles. The van der Waals surface area contributed by atoms with Crippen molar-refractivity contribution in [3.63, 3.8) is 0 Å². The van der Waals surface area contributed by atoms with E-state index in [9.17, 15) is 0 Å². The van der Waals surface area contributed by atoms with Crippen LogP contribution in [0, 0.1) is 0 Å². The third-order valence-corrected chi connectivity index (χ3v) is 20.8. The second-order valence-electron chi connectivity index (χ2n) is 30.3. The molecule has 2 aromatic heterocycles. The summed E-state index contributed by atoms with van der Waals surface area (Å²) in [6.45, 7) is 51.4. The molecule has 79 heavy (non-hydrogen) atoms. The summed E-state index contributed by atoms with van der Waals surface area (Å²) in [6.07, 6.45) is 15.5. The van der Waals surface area contributed by atoms with Crippen LogP contribution in [0.3, 0.4) is 0 Å². The minimum absolute atomic E-state index is 0.00401. The smallest absolute Gasteiger partial charge is 0.233 e. The number of rotatable bonds is 23. The largest absolute Gasteiger partial charge is 0.341 e. The first-order chi connectivity index (χ1) is 36.5. The van der Waals surface area contributed by atoms with E-state index in [1.165, 1.54) is 0 Å². The van der Waals surface area contributed by atoms with Crippen molar-refractivity contribution >= 4 is 35.7 Å². The number of unbranched alkanes of at least 4 members (excludes halogenated alkanes) is 3. The van der Waals surface area contributed by atoms with Gasteiger partial charge in [-0.25, -0.2) is 0 Å². The van der Waals surface area contributed by atoms with Crippen LogP contribution in [-0.4, -0.2) is 186 Å². The van der Waals surface area contributed by atoms with E-state index >= 15 is 0 Å². The Balaban J connectivity index is 1.51. The van der Waals surface area contributed by atoms with E-state index in [0.29, 0.717) is 18.6 Å². The molecule has 0 atom stereocenters. The van der Waals surface area contributed by atoms with Gasteiger partial charge in [0, 0.05) is 102 Å². The molecule has 4 aliphatic rings. The molecule has 0 spiro atoms. The topological polar surface area (TPSA) is 119 Å². The van der Waals surface area contributed by atoms with Gasteiger partial charge in [-0.05, 0) is 216 Å². The van der Waals surface area contributed by atoms with Gasteiger partial charge >= 0.3 is 0 Å². The standard InChI is InChI=1S/C63H120N16/c1-26-30-34-77(47-39-58(9,10)73(23)59(11,12)40-47)53-65-50(66-54(70-53)78(35-31-27-2)48-41-60(13,14)74(24)61(15,16)42-48)64-45-76(33-29-4)52-67-51(71(21)46-37-56(5,6)72(22)57(7,8)38-46)68-55(69-52)79(36-32-28-3)49-43-62(17,18)75(25)63(19,20)44-49/h46-49H,26-45H2,1-25H3,(H,64,65,66,70). The molecule has 0 aromatic carbocycles. The van der Waals surface area contributed by atoms with Crippen LogP contribution in [0.25, 0.3) is 0 Å². The molecule has 6 heterocycles. The summed E-state index contributed by atoms with van der Waals surface area (Å²) in [7, 11) is 11.4. The Morgan fingerprint density at radius 2 is 0.633 bits per heavy atom. The number of nitrogens with zero attached hydrogens (tertiary/aromatic N) is 15. The van der Waals surface area contributed by atoms with Gasteiger partial charge in [0.25, 0.3) is 0 Å². The van der Waals surface area contributed by atoms with Crippen molar-refractivity contribution in [1.82, 2.24) is 49.5 Å². The van der Waals surface area contributed by atoms with Crippen LogP contribution in [0.1, 0.15) is 235 Å². The SMILES string of the molecule is CCCCN(c1nc(N(CCC)CNc2nc(N(CCCC)C3CC(C)(C)N(C)C(C)(C)C3)nc(N(CCCC)C3CC(C)(C)N(C)C(C)(C)C3)n2)nc(N(C)C2CC(C)(C)N(C)C(C)(C)C2)n1)C1CC(C)(C)N(C)C(C)(C)C1. The highest BCUT2D eigenvalue weighted by atomic mass is 15.4. The molecule has 0 aliphatic carbocycles. The molecule has 0 saturated carbocycles. The van der Waals surface area contributed by atoms with Crippen LogP contribution < -0.4 is 29.8 Å². The Bertz CT molecular complexity index is 2140. The van der Waals surface area contributed by atoms with Crippen LogP contribution in [0.4, 0.5) is 35.7 Å². The van der Waals surface area contributed by atoms with Crippen molar-refractivity contribution in [3.05, 3.63) is 0 Å². The molecule has 16 nitrogen and oxygen atoms in total. The zero-order valence-corrected chi connectivity index (χ0v) is 55.7. The van der Waals surface area contributed by atoms with Gasteiger partial charge in [-0.3, -0.25) is 19.6 Å². The summed E-state index contributed by atoms with van der Waals surface area (Å²) in [4.78, 5) is 56.2. The number of hydrogen-bond acceptors (Lipinski definition) is 16. The third-order valence-electron chi connectivity index (χ3n) is 20.8. The second kappa shape index (κ2) is 24.5. The first kappa shape index (κ1) is 64.8. The molecular weight excluding hydrogens is 981 g/mol. The number of likely N-dealkylation sites (tertiary alicyclic amines) is 4. The van der Waals surface area contributed by atoms with E-state index in [2.05, 4.69) is 223 Å². The van der Waals surface area contributed by atoms with Crippen molar-refractivity contribution in [3.8, 4) is 0 Å². The molecule has 4 aliphatic heterocycles. The van der Waals surface area contributed by atoms with Crippen molar-refractivity contribution in [2.24, 2.45) is 0 Å². The zero-order valence-electron chi connectivity index (χ0n) is 55.7. The Morgan fingerprint density at radius 3 is 0.937 bits per heavy atom. The van der Waals surface area contributed by atoms with E-state index < -0.39 is 0 Å². The zero-order chi connectivity index (χ0) is 59.1. The molecule has 4 fully saturated rings. The molecule has 16 heteroatoms. The highest BCUT2D eigenvalue weighted by molar-refractivity contribution is 5.51. The summed E-state index contributed by atoms with van der Waals surface area (Å²) in [5, 5.41) is 3.88. The summed E-state index contributed by atoms with van der Waals surface area (Å²) in [5.41, 5.74) is -0.0368. The number of hydrogen-bond donors (Lipinski definition) is 1. The van der Waals surface area contributed by atoms with Crippen LogP contribution >= 0.6 is 0 Å². The maximum Gasteiger partial charge on any atom is 0.233 e. The molecular formula is C63H120N16. The number of aromatic nitrogens is 6. The van der Waals surface area contributed by atoms with Crippen LogP contribution in [0.5, 0.6) is 0 Å². The molecule has 0 bridgehead atoms.